The van der Waals surface area contributed by atoms with E-state index >= 15 is 0 Å². The summed E-state index contributed by atoms with van der Waals surface area (Å²) >= 11 is 2.10. The van der Waals surface area contributed by atoms with Gasteiger partial charge in [0.25, 0.3) is 0 Å². The molecule has 0 saturated heterocycles. The molecule has 1 atom stereocenters. The lowest BCUT2D eigenvalue weighted by molar-refractivity contribution is 0.539. The van der Waals surface area contributed by atoms with Crippen LogP contribution in [-0.2, 0) is 0 Å². The van der Waals surface area contributed by atoms with Crippen LogP contribution in [0.15, 0.2) is 0 Å². The Balaban J connectivity index is 3.33. The summed E-state index contributed by atoms with van der Waals surface area (Å²) in [6.45, 7) is 10.3. The maximum absolute atomic E-state index is 3.59. The van der Waals surface area contributed by atoms with Gasteiger partial charge >= 0.3 is 0 Å². The van der Waals surface area contributed by atoms with E-state index in [1.807, 2.05) is 0 Å². The predicted octanol–water partition coefficient (Wildman–Crippen LogP) is 3.54. The number of hydrogen-bond acceptors (Lipinski definition) is 2. The van der Waals surface area contributed by atoms with Gasteiger partial charge in [0.15, 0.2) is 0 Å². The number of rotatable bonds is 9. The molecule has 0 bridgehead atoms. The summed E-state index contributed by atoms with van der Waals surface area (Å²) in [5.74, 6) is 3.46. The average Bonchev–Trinajstić information content (AvgIpc) is 2.16. The van der Waals surface area contributed by atoms with Gasteiger partial charge in [-0.1, -0.05) is 27.7 Å². The first-order valence-corrected chi connectivity index (χ1v) is 7.17. The SMILES string of the molecule is CCCNC(CC)CSCCC(C)C. The Labute approximate surface area is 94.4 Å². The number of thioether (sulfide) groups is 1. The fourth-order valence-electron chi connectivity index (χ4n) is 1.21. The Morgan fingerprint density at radius 3 is 2.43 bits per heavy atom. The van der Waals surface area contributed by atoms with Crippen LogP contribution in [0.25, 0.3) is 0 Å². The number of hydrogen-bond donors (Lipinski definition) is 1. The van der Waals surface area contributed by atoms with Crippen LogP contribution >= 0.6 is 11.8 Å². The maximum Gasteiger partial charge on any atom is 0.0155 e. The molecule has 0 aromatic rings. The van der Waals surface area contributed by atoms with Crippen LogP contribution in [0.1, 0.15) is 47.0 Å². The summed E-state index contributed by atoms with van der Waals surface area (Å²) in [5.41, 5.74) is 0. The molecule has 0 aliphatic rings. The number of nitrogens with one attached hydrogen (secondary N) is 1. The Kier molecular flexibility index (Phi) is 10.1. The van der Waals surface area contributed by atoms with E-state index in [1.54, 1.807) is 0 Å². The Hall–Kier alpha value is 0.310. The lowest BCUT2D eigenvalue weighted by Crippen LogP contribution is -2.31. The first kappa shape index (κ1) is 14.3. The first-order valence-electron chi connectivity index (χ1n) is 6.01. The van der Waals surface area contributed by atoms with E-state index in [0.29, 0.717) is 0 Å². The van der Waals surface area contributed by atoms with Crippen LogP contribution in [0.2, 0.25) is 0 Å². The van der Waals surface area contributed by atoms with Crippen LogP contribution in [0.3, 0.4) is 0 Å². The minimum atomic E-state index is 0.729. The van der Waals surface area contributed by atoms with Gasteiger partial charge in [0.05, 0.1) is 0 Å². The fourth-order valence-corrected chi connectivity index (χ4v) is 2.66. The normalized spacial score (nSPS) is 13.5. The molecular weight excluding hydrogens is 190 g/mol. The van der Waals surface area contributed by atoms with Crippen molar-refractivity contribution in [2.24, 2.45) is 5.92 Å². The largest absolute Gasteiger partial charge is 0.313 e. The highest BCUT2D eigenvalue weighted by molar-refractivity contribution is 7.99. The van der Waals surface area contributed by atoms with Crippen molar-refractivity contribution in [3.8, 4) is 0 Å². The molecule has 0 spiro atoms. The standard InChI is InChI=1S/C12H27NS/c1-5-8-13-12(6-2)10-14-9-7-11(3)4/h11-13H,5-10H2,1-4H3. The Bertz CT molecular complexity index is 115. The molecule has 0 aromatic heterocycles. The molecule has 0 rings (SSSR count). The first-order chi connectivity index (χ1) is 6.70. The summed E-state index contributed by atoms with van der Waals surface area (Å²) in [5, 5.41) is 3.59. The molecule has 1 unspecified atom stereocenters. The molecule has 1 nitrogen and oxygen atoms in total. The van der Waals surface area contributed by atoms with E-state index in [2.05, 4.69) is 44.8 Å². The van der Waals surface area contributed by atoms with Gasteiger partial charge in [-0.25, -0.2) is 0 Å². The van der Waals surface area contributed by atoms with Crippen molar-refractivity contribution in [2.75, 3.05) is 18.1 Å². The van der Waals surface area contributed by atoms with Gasteiger partial charge in [-0.3, -0.25) is 0 Å². The summed E-state index contributed by atoms with van der Waals surface area (Å²) < 4.78 is 0. The zero-order chi connectivity index (χ0) is 10.8. The van der Waals surface area contributed by atoms with E-state index in [9.17, 15) is 0 Å². The van der Waals surface area contributed by atoms with Crippen molar-refractivity contribution < 1.29 is 0 Å². The van der Waals surface area contributed by atoms with Crippen molar-refractivity contribution in [3.63, 3.8) is 0 Å². The highest BCUT2D eigenvalue weighted by Gasteiger charge is 2.04. The Morgan fingerprint density at radius 2 is 1.93 bits per heavy atom. The van der Waals surface area contributed by atoms with E-state index in [-0.39, 0.29) is 0 Å². The van der Waals surface area contributed by atoms with Gasteiger partial charge in [0, 0.05) is 11.8 Å². The minimum Gasteiger partial charge on any atom is -0.313 e. The van der Waals surface area contributed by atoms with Crippen molar-refractivity contribution in [1.82, 2.24) is 5.32 Å². The molecule has 14 heavy (non-hydrogen) atoms. The highest BCUT2D eigenvalue weighted by Crippen LogP contribution is 2.11. The van der Waals surface area contributed by atoms with Crippen LogP contribution in [0, 0.1) is 5.92 Å². The highest BCUT2D eigenvalue weighted by atomic mass is 32.2. The third-order valence-corrected chi connectivity index (χ3v) is 3.50. The zero-order valence-electron chi connectivity index (χ0n) is 10.3. The molecule has 0 amide bonds. The molecule has 0 saturated carbocycles. The van der Waals surface area contributed by atoms with Crippen LogP contribution in [-0.4, -0.2) is 24.1 Å². The second-order valence-corrected chi connectivity index (χ2v) is 5.47. The van der Waals surface area contributed by atoms with E-state index < -0.39 is 0 Å². The Morgan fingerprint density at radius 1 is 1.21 bits per heavy atom. The summed E-state index contributed by atoms with van der Waals surface area (Å²) in [6, 6.07) is 0.729. The van der Waals surface area contributed by atoms with Crippen molar-refractivity contribution in [2.45, 2.75) is 53.0 Å². The third-order valence-electron chi connectivity index (χ3n) is 2.33. The monoisotopic (exact) mass is 217 g/mol. The molecule has 2 heteroatoms. The lowest BCUT2D eigenvalue weighted by Gasteiger charge is -2.16. The van der Waals surface area contributed by atoms with E-state index in [4.69, 9.17) is 0 Å². The maximum atomic E-state index is 3.59. The second kappa shape index (κ2) is 9.85. The second-order valence-electron chi connectivity index (χ2n) is 4.32. The van der Waals surface area contributed by atoms with Gasteiger partial charge < -0.3 is 5.32 Å². The average molecular weight is 217 g/mol. The smallest absolute Gasteiger partial charge is 0.0155 e. The predicted molar refractivity (Wildman–Crippen MR) is 69.2 cm³/mol. The van der Waals surface area contributed by atoms with Gasteiger partial charge in [-0.05, 0) is 37.5 Å². The summed E-state index contributed by atoms with van der Waals surface area (Å²) in [7, 11) is 0. The minimum absolute atomic E-state index is 0.729. The van der Waals surface area contributed by atoms with Gasteiger partial charge in [0.2, 0.25) is 0 Å². The van der Waals surface area contributed by atoms with Gasteiger partial charge in [-0.2, -0.15) is 11.8 Å². The van der Waals surface area contributed by atoms with E-state index in [0.717, 1.165) is 12.0 Å². The lowest BCUT2D eigenvalue weighted by atomic mass is 10.2. The molecule has 0 radical (unpaired) electrons. The zero-order valence-corrected chi connectivity index (χ0v) is 11.1. The molecule has 0 fully saturated rings. The summed E-state index contributed by atoms with van der Waals surface area (Å²) in [6.07, 6.45) is 3.86. The topological polar surface area (TPSA) is 12.0 Å². The van der Waals surface area contributed by atoms with Crippen LogP contribution in [0.4, 0.5) is 0 Å². The molecule has 0 heterocycles. The molecule has 1 N–H and O–H groups in total. The molecule has 0 aromatic carbocycles. The molecule has 0 aliphatic heterocycles. The van der Waals surface area contributed by atoms with Crippen molar-refractivity contribution in [1.29, 1.82) is 0 Å². The van der Waals surface area contributed by atoms with E-state index in [1.165, 1.54) is 37.3 Å². The molecular formula is C12H27NS. The quantitative estimate of drug-likeness (QED) is 0.593. The van der Waals surface area contributed by atoms with Gasteiger partial charge in [0.1, 0.15) is 0 Å². The summed E-state index contributed by atoms with van der Waals surface area (Å²) in [4.78, 5) is 0. The fraction of sp³-hybridized carbons (Fsp3) is 1.00. The van der Waals surface area contributed by atoms with Crippen LogP contribution < -0.4 is 5.32 Å². The molecule has 0 aliphatic carbocycles. The van der Waals surface area contributed by atoms with Gasteiger partial charge in [-0.15, -0.1) is 0 Å². The third kappa shape index (κ3) is 8.89. The van der Waals surface area contributed by atoms with Crippen LogP contribution in [0.5, 0.6) is 0 Å². The van der Waals surface area contributed by atoms with Crippen molar-refractivity contribution in [3.05, 3.63) is 0 Å². The molecule has 86 valence electrons. The van der Waals surface area contributed by atoms with Crippen molar-refractivity contribution >= 4 is 11.8 Å².